The number of pyridine rings is 1. The van der Waals surface area contributed by atoms with Crippen molar-refractivity contribution in [3.8, 4) is 0 Å². The molecule has 0 saturated heterocycles. The van der Waals surface area contributed by atoms with Gasteiger partial charge >= 0.3 is 0 Å². The third-order valence-electron chi connectivity index (χ3n) is 3.25. The van der Waals surface area contributed by atoms with E-state index in [1.165, 1.54) is 11.3 Å². The van der Waals surface area contributed by atoms with Gasteiger partial charge in [-0.3, -0.25) is 9.88 Å². The van der Waals surface area contributed by atoms with Crippen molar-refractivity contribution in [2.24, 2.45) is 0 Å². The van der Waals surface area contributed by atoms with Crippen LogP contribution in [0.3, 0.4) is 0 Å². The topological polar surface area (TPSA) is 29.0 Å². The molecule has 0 bridgehead atoms. The minimum absolute atomic E-state index is 0.459. The van der Waals surface area contributed by atoms with Gasteiger partial charge in [-0.1, -0.05) is 6.07 Å². The second-order valence-corrected chi connectivity index (χ2v) is 5.43. The highest BCUT2D eigenvalue weighted by Crippen LogP contribution is 2.12. The summed E-state index contributed by atoms with van der Waals surface area (Å²) in [5, 5.41) is 2.11. The van der Waals surface area contributed by atoms with Crippen LogP contribution in [0.2, 0.25) is 0 Å². The summed E-state index contributed by atoms with van der Waals surface area (Å²) < 4.78 is 0. The summed E-state index contributed by atoms with van der Waals surface area (Å²) in [6.07, 6.45) is 2.85. The van der Waals surface area contributed by atoms with Gasteiger partial charge in [0, 0.05) is 36.3 Å². The Labute approximate surface area is 113 Å². The second-order valence-electron chi connectivity index (χ2n) is 4.72. The Bertz CT molecular complexity index is 482. The van der Waals surface area contributed by atoms with E-state index >= 15 is 0 Å². The zero-order valence-electron chi connectivity index (χ0n) is 11.1. The highest BCUT2D eigenvalue weighted by molar-refractivity contribution is 7.07. The molecule has 0 unspecified atom stereocenters. The molecule has 1 atom stereocenters. The van der Waals surface area contributed by atoms with Crippen LogP contribution in [-0.4, -0.2) is 28.0 Å². The van der Waals surface area contributed by atoms with Crippen molar-refractivity contribution < 1.29 is 0 Å². The molecule has 96 valence electrons. The predicted molar refractivity (Wildman–Crippen MR) is 75.7 cm³/mol. The van der Waals surface area contributed by atoms with E-state index < -0.39 is 0 Å². The maximum absolute atomic E-state index is 4.46. The number of hydrogen-bond donors (Lipinski definition) is 0. The van der Waals surface area contributed by atoms with Crippen molar-refractivity contribution in [1.82, 2.24) is 14.9 Å². The zero-order chi connectivity index (χ0) is 13.0. The van der Waals surface area contributed by atoms with Crippen LogP contribution in [0, 0.1) is 6.92 Å². The van der Waals surface area contributed by atoms with E-state index in [0.717, 1.165) is 18.7 Å². The van der Waals surface area contributed by atoms with Gasteiger partial charge in [0.25, 0.3) is 0 Å². The van der Waals surface area contributed by atoms with E-state index in [9.17, 15) is 0 Å². The normalized spacial score (nSPS) is 12.9. The maximum Gasteiger partial charge on any atom is 0.0795 e. The van der Waals surface area contributed by atoms with E-state index in [-0.39, 0.29) is 0 Å². The van der Waals surface area contributed by atoms with Gasteiger partial charge in [-0.2, -0.15) is 0 Å². The first-order valence-corrected chi connectivity index (χ1v) is 7.09. The Balaban J connectivity index is 1.95. The van der Waals surface area contributed by atoms with Gasteiger partial charge < -0.3 is 0 Å². The average Bonchev–Trinajstić information content (AvgIpc) is 2.84. The maximum atomic E-state index is 4.46. The van der Waals surface area contributed by atoms with E-state index in [1.54, 1.807) is 11.3 Å². The van der Waals surface area contributed by atoms with Crippen LogP contribution in [0.4, 0.5) is 0 Å². The van der Waals surface area contributed by atoms with Crippen molar-refractivity contribution in [2.45, 2.75) is 32.9 Å². The van der Waals surface area contributed by atoms with Crippen LogP contribution in [0.5, 0.6) is 0 Å². The molecule has 2 aromatic heterocycles. The van der Waals surface area contributed by atoms with Crippen LogP contribution in [0.1, 0.15) is 23.9 Å². The molecule has 0 aromatic carbocycles. The van der Waals surface area contributed by atoms with Gasteiger partial charge in [0.2, 0.25) is 0 Å². The number of likely N-dealkylation sites (N-methyl/N-ethyl adjacent to an activating group) is 1. The first-order chi connectivity index (χ1) is 8.66. The summed E-state index contributed by atoms with van der Waals surface area (Å²) in [6, 6.07) is 4.57. The summed E-state index contributed by atoms with van der Waals surface area (Å²) in [5.74, 6) is 0. The standard InChI is InChI=1S/C14H19N3S/c1-11-5-4-6-15-14(11)7-12(2)17(3)8-13-9-18-10-16-13/h4-6,9-10,12H,7-8H2,1-3H3/t12-/m1/s1. The molecule has 0 amide bonds. The van der Waals surface area contributed by atoms with Gasteiger partial charge in [0.05, 0.1) is 11.2 Å². The Morgan fingerprint density at radius 1 is 1.39 bits per heavy atom. The lowest BCUT2D eigenvalue weighted by Gasteiger charge is -2.24. The number of hydrogen-bond acceptors (Lipinski definition) is 4. The molecule has 3 nitrogen and oxygen atoms in total. The summed E-state index contributed by atoms with van der Waals surface area (Å²) in [4.78, 5) is 11.1. The van der Waals surface area contributed by atoms with Crippen LogP contribution in [0.25, 0.3) is 0 Å². The summed E-state index contributed by atoms with van der Waals surface area (Å²) in [6.45, 7) is 5.26. The van der Waals surface area contributed by atoms with Gasteiger partial charge in [-0.05, 0) is 32.5 Å². The minimum Gasteiger partial charge on any atom is -0.297 e. The number of aryl methyl sites for hydroxylation is 1. The molecule has 2 aromatic rings. The summed E-state index contributed by atoms with van der Waals surface area (Å²) in [5.41, 5.74) is 5.49. The quantitative estimate of drug-likeness (QED) is 0.828. The molecular weight excluding hydrogens is 242 g/mol. The monoisotopic (exact) mass is 261 g/mol. The van der Waals surface area contributed by atoms with Crippen LogP contribution >= 0.6 is 11.3 Å². The fraction of sp³-hybridized carbons (Fsp3) is 0.429. The second kappa shape index (κ2) is 6.07. The number of thiazole rings is 1. The van der Waals surface area contributed by atoms with E-state index in [4.69, 9.17) is 0 Å². The Kier molecular flexibility index (Phi) is 4.44. The largest absolute Gasteiger partial charge is 0.297 e. The molecule has 0 spiro atoms. The molecule has 0 N–H and O–H groups in total. The highest BCUT2D eigenvalue weighted by Gasteiger charge is 2.13. The molecule has 4 heteroatoms. The third kappa shape index (κ3) is 3.37. The molecule has 0 aliphatic rings. The number of rotatable bonds is 5. The molecule has 0 radical (unpaired) electrons. The van der Waals surface area contributed by atoms with Gasteiger partial charge in [0.15, 0.2) is 0 Å². The van der Waals surface area contributed by atoms with Crippen molar-refractivity contribution in [2.75, 3.05) is 7.05 Å². The molecule has 18 heavy (non-hydrogen) atoms. The van der Waals surface area contributed by atoms with E-state index in [1.807, 2.05) is 17.8 Å². The lowest BCUT2D eigenvalue weighted by atomic mass is 10.1. The van der Waals surface area contributed by atoms with Crippen LogP contribution in [-0.2, 0) is 13.0 Å². The minimum atomic E-state index is 0.459. The SMILES string of the molecule is Cc1cccnc1C[C@@H](C)N(C)Cc1cscn1. The Morgan fingerprint density at radius 2 is 2.22 bits per heavy atom. The summed E-state index contributed by atoms with van der Waals surface area (Å²) >= 11 is 1.65. The van der Waals surface area contributed by atoms with Gasteiger partial charge in [-0.15, -0.1) is 11.3 Å². The number of aromatic nitrogens is 2. The molecule has 0 aliphatic carbocycles. The zero-order valence-corrected chi connectivity index (χ0v) is 11.9. The van der Waals surface area contributed by atoms with E-state index in [2.05, 4.69) is 47.2 Å². The first kappa shape index (κ1) is 13.2. The van der Waals surface area contributed by atoms with Crippen LogP contribution in [0.15, 0.2) is 29.2 Å². The number of nitrogens with zero attached hydrogens (tertiary/aromatic N) is 3. The Hall–Kier alpha value is -1.26. The summed E-state index contributed by atoms with van der Waals surface area (Å²) in [7, 11) is 2.14. The van der Waals surface area contributed by atoms with Crippen molar-refractivity contribution >= 4 is 11.3 Å². The molecule has 0 saturated carbocycles. The van der Waals surface area contributed by atoms with E-state index in [0.29, 0.717) is 6.04 Å². The fourth-order valence-electron chi connectivity index (χ4n) is 1.89. The Morgan fingerprint density at radius 3 is 2.89 bits per heavy atom. The highest BCUT2D eigenvalue weighted by atomic mass is 32.1. The predicted octanol–water partition coefficient (Wildman–Crippen LogP) is 2.91. The van der Waals surface area contributed by atoms with Crippen molar-refractivity contribution in [3.05, 3.63) is 46.2 Å². The lowest BCUT2D eigenvalue weighted by Crippen LogP contribution is -2.31. The molecule has 0 fully saturated rings. The molecule has 2 rings (SSSR count). The third-order valence-corrected chi connectivity index (χ3v) is 3.89. The van der Waals surface area contributed by atoms with Crippen molar-refractivity contribution in [1.29, 1.82) is 0 Å². The smallest absolute Gasteiger partial charge is 0.0795 e. The molecular formula is C14H19N3S. The van der Waals surface area contributed by atoms with Crippen molar-refractivity contribution in [3.63, 3.8) is 0 Å². The first-order valence-electron chi connectivity index (χ1n) is 6.14. The van der Waals surface area contributed by atoms with Crippen LogP contribution < -0.4 is 0 Å². The lowest BCUT2D eigenvalue weighted by molar-refractivity contribution is 0.244. The van der Waals surface area contributed by atoms with Gasteiger partial charge in [-0.25, -0.2) is 4.98 Å². The molecule has 2 heterocycles. The fourth-order valence-corrected chi connectivity index (χ4v) is 2.44. The van der Waals surface area contributed by atoms with Gasteiger partial charge in [0.1, 0.15) is 0 Å². The molecule has 0 aliphatic heterocycles. The average molecular weight is 261 g/mol.